The second-order valence-corrected chi connectivity index (χ2v) is 6.41. The molecule has 0 radical (unpaired) electrons. The number of likely N-dealkylation sites (tertiary alicyclic amines) is 1. The standard InChI is InChI=1S/C17H22N6O/c1-10(2)16-12(9-19-11(3)20-16)17(24)23-8-4-5-14(23)13-6-7-15(18)22-21-13/h6-7,9-10,14H,4-5,8H2,1-3H3,(H2,18,22). The van der Waals surface area contributed by atoms with Gasteiger partial charge in [-0.05, 0) is 37.8 Å². The third kappa shape index (κ3) is 3.06. The Kier molecular flexibility index (Phi) is 4.42. The third-order valence-corrected chi connectivity index (χ3v) is 4.28. The maximum Gasteiger partial charge on any atom is 0.257 e. The second-order valence-electron chi connectivity index (χ2n) is 6.41. The zero-order valence-electron chi connectivity index (χ0n) is 14.2. The molecule has 2 aromatic rings. The van der Waals surface area contributed by atoms with Gasteiger partial charge in [-0.1, -0.05) is 13.8 Å². The van der Waals surface area contributed by atoms with E-state index < -0.39 is 0 Å². The highest BCUT2D eigenvalue weighted by molar-refractivity contribution is 5.95. The Morgan fingerprint density at radius 3 is 2.79 bits per heavy atom. The number of nitrogens with two attached hydrogens (primary N) is 1. The summed E-state index contributed by atoms with van der Waals surface area (Å²) in [6, 6.07) is 3.48. The third-order valence-electron chi connectivity index (χ3n) is 4.28. The van der Waals surface area contributed by atoms with Gasteiger partial charge in [0, 0.05) is 12.7 Å². The molecular weight excluding hydrogens is 304 g/mol. The van der Waals surface area contributed by atoms with E-state index >= 15 is 0 Å². The fourth-order valence-corrected chi connectivity index (χ4v) is 3.10. The Morgan fingerprint density at radius 2 is 2.12 bits per heavy atom. The van der Waals surface area contributed by atoms with E-state index in [0.29, 0.717) is 23.8 Å². The number of aryl methyl sites for hydroxylation is 1. The van der Waals surface area contributed by atoms with Crippen LogP contribution in [-0.4, -0.2) is 37.5 Å². The lowest BCUT2D eigenvalue weighted by atomic mass is 10.0. The predicted molar refractivity (Wildman–Crippen MR) is 90.3 cm³/mol. The fourth-order valence-electron chi connectivity index (χ4n) is 3.10. The first kappa shape index (κ1) is 16.3. The number of hydrogen-bond acceptors (Lipinski definition) is 6. The van der Waals surface area contributed by atoms with Gasteiger partial charge < -0.3 is 10.6 Å². The molecule has 1 amide bonds. The van der Waals surface area contributed by atoms with Gasteiger partial charge in [0.1, 0.15) is 11.6 Å². The topological polar surface area (TPSA) is 97.9 Å². The van der Waals surface area contributed by atoms with Gasteiger partial charge >= 0.3 is 0 Å². The molecule has 3 heterocycles. The number of nitrogens with zero attached hydrogens (tertiary/aromatic N) is 5. The molecule has 2 aromatic heterocycles. The first-order valence-electron chi connectivity index (χ1n) is 8.21. The summed E-state index contributed by atoms with van der Waals surface area (Å²) in [4.78, 5) is 23.6. The van der Waals surface area contributed by atoms with Crippen LogP contribution in [0.2, 0.25) is 0 Å². The lowest BCUT2D eigenvalue weighted by Crippen LogP contribution is -2.32. The number of rotatable bonds is 3. The molecule has 24 heavy (non-hydrogen) atoms. The normalized spacial score (nSPS) is 17.5. The van der Waals surface area contributed by atoms with E-state index in [-0.39, 0.29) is 17.9 Å². The van der Waals surface area contributed by atoms with E-state index in [2.05, 4.69) is 20.2 Å². The summed E-state index contributed by atoms with van der Waals surface area (Å²) in [5.74, 6) is 1.17. The highest BCUT2D eigenvalue weighted by Gasteiger charge is 2.33. The highest BCUT2D eigenvalue weighted by atomic mass is 16.2. The Balaban J connectivity index is 1.93. The summed E-state index contributed by atoms with van der Waals surface area (Å²) in [5.41, 5.74) is 7.75. The number of aromatic nitrogens is 4. The van der Waals surface area contributed by atoms with Crippen molar-refractivity contribution in [1.82, 2.24) is 25.1 Å². The van der Waals surface area contributed by atoms with Gasteiger partial charge in [-0.15, -0.1) is 5.10 Å². The van der Waals surface area contributed by atoms with Gasteiger partial charge in [0.05, 0.1) is 23.0 Å². The Hall–Kier alpha value is -2.57. The van der Waals surface area contributed by atoms with Gasteiger partial charge in [-0.25, -0.2) is 9.97 Å². The zero-order valence-corrected chi connectivity index (χ0v) is 14.2. The fraction of sp³-hybridized carbons (Fsp3) is 0.471. The van der Waals surface area contributed by atoms with Crippen molar-refractivity contribution in [1.29, 1.82) is 0 Å². The summed E-state index contributed by atoms with van der Waals surface area (Å²) in [6.07, 6.45) is 3.45. The molecule has 0 spiro atoms. The Labute approximate surface area is 141 Å². The lowest BCUT2D eigenvalue weighted by molar-refractivity contribution is 0.0729. The average Bonchev–Trinajstić information content (AvgIpc) is 3.04. The van der Waals surface area contributed by atoms with E-state index in [1.54, 1.807) is 12.3 Å². The molecule has 0 bridgehead atoms. The molecule has 3 rings (SSSR count). The van der Waals surface area contributed by atoms with Crippen molar-refractivity contribution < 1.29 is 4.79 Å². The molecule has 0 aliphatic carbocycles. The monoisotopic (exact) mass is 326 g/mol. The molecule has 1 aliphatic rings. The van der Waals surface area contributed by atoms with Crippen LogP contribution in [0.3, 0.4) is 0 Å². The largest absolute Gasteiger partial charge is 0.382 e. The van der Waals surface area contributed by atoms with Crippen molar-refractivity contribution in [3.05, 3.63) is 41.1 Å². The van der Waals surface area contributed by atoms with Crippen molar-refractivity contribution in [3.8, 4) is 0 Å². The van der Waals surface area contributed by atoms with Crippen molar-refractivity contribution in [2.75, 3.05) is 12.3 Å². The van der Waals surface area contributed by atoms with E-state index in [9.17, 15) is 4.79 Å². The Bertz CT molecular complexity index is 743. The van der Waals surface area contributed by atoms with Crippen molar-refractivity contribution in [2.24, 2.45) is 0 Å². The molecule has 0 saturated carbocycles. The highest BCUT2D eigenvalue weighted by Crippen LogP contribution is 2.33. The van der Waals surface area contributed by atoms with Gasteiger partial charge in [0.25, 0.3) is 5.91 Å². The smallest absolute Gasteiger partial charge is 0.257 e. The van der Waals surface area contributed by atoms with Crippen LogP contribution in [0.5, 0.6) is 0 Å². The first-order valence-corrected chi connectivity index (χ1v) is 8.21. The van der Waals surface area contributed by atoms with Gasteiger partial charge in [-0.2, -0.15) is 5.10 Å². The van der Waals surface area contributed by atoms with Crippen LogP contribution in [0.15, 0.2) is 18.3 Å². The minimum atomic E-state index is -0.0769. The molecule has 1 aliphatic heterocycles. The summed E-state index contributed by atoms with van der Waals surface area (Å²) >= 11 is 0. The quantitative estimate of drug-likeness (QED) is 0.929. The van der Waals surface area contributed by atoms with E-state index in [4.69, 9.17) is 5.73 Å². The number of amides is 1. The maximum absolute atomic E-state index is 13.1. The number of anilines is 1. The molecule has 0 aromatic carbocycles. The van der Waals surface area contributed by atoms with Crippen molar-refractivity contribution in [2.45, 2.75) is 45.6 Å². The van der Waals surface area contributed by atoms with Crippen LogP contribution < -0.4 is 5.73 Å². The van der Waals surface area contributed by atoms with Crippen LogP contribution >= 0.6 is 0 Å². The number of carbonyl (C=O) groups is 1. The molecule has 1 fully saturated rings. The molecule has 1 unspecified atom stereocenters. The van der Waals surface area contributed by atoms with Gasteiger partial charge in [0.2, 0.25) is 0 Å². The van der Waals surface area contributed by atoms with E-state index in [1.807, 2.05) is 31.7 Å². The predicted octanol–water partition coefficient (Wildman–Crippen LogP) is 2.26. The van der Waals surface area contributed by atoms with Crippen LogP contribution in [0, 0.1) is 6.92 Å². The number of nitrogen functional groups attached to an aromatic ring is 1. The molecule has 2 N–H and O–H groups in total. The molecular formula is C17H22N6O. The summed E-state index contributed by atoms with van der Waals surface area (Å²) in [6.45, 7) is 6.60. The zero-order chi connectivity index (χ0) is 17.3. The van der Waals surface area contributed by atoms with E-state index in [1.165, 1.54) is 0 Å². The first-order chi connectivity index (χ1) is 11.5. The number of hydrogen-bond donors (Lipinski definition) is 1. The van der Waals surface area contributed by atoms with Gasteiger partial charge in [0.15, 0.2) is 0 Å². The Morgan fingerprint density at radius 1 is 1.33 bits per heavy atom. The minimum absolute atomic E-state index is 0.0418. The summed E-state index contributed by atoms with van der Waals surface area (Å²) in [5, 5.41) is 8.07. The minimum Gasteiger partial charge on any atom is -0.382 e. The molecule has 1 saturated heterocycles. The number of carbonyl (C=O) groups excluding carboxylic acids is 1. The van der Waals surface area contributed by atoms with Crippen LogP contribution in [-0.2, 0) is 0 Å². The maximum atomic E-state index is 13.1. The molecule has 7 heteroatoms. The lowest BCUT2D eigenvalue weighted by Gasteiger charge is -2.25. The van der Waals surface area contributed by atoms with E-state index in [0.717, 1.165) is 24.2 Å². The molecule has 7 nitrogen and oxygen atoms in total. The molecule has 1 atom stereocenters. The average molecular weight is 326 g/mol. The summed E-state index contributed by atoms with van der Waals surface area (Å²) in [7, 11) is 0. The van der Waals surface area contributed by atoms with Crippen LogP contribution in [0.25, 0.3) is 0 Å². The van der Waals surface area contributed by atoms with Crippen LogP contribution in [0.4, 0.5) is 5.82 Å². The molecule has 126 valence electrons. The van der Waals surface area contributed by atoms with Gasteiger partial charge in [-0.3, -0.25) is 4.79 Å². The SMILES string of the molecule is Cc1ncc(C(=O)N2CCCC2c2ccc(N)nn2)c(C(C)C)n1. The summed E-state index contributed by atoms with van der Waals surface area (Å²) < 4.78 is 0. The van der Waals surface area contributed by atoms with Crippen molar-refractivity contribution >= 4 is 11.7 Å². The van der Waals surface area contributed by atoms with Crippen molar-refractivity contribution in [3.63, 3.8) is 0 Å². The second kappa shape index (κ2) is 6.51. The van der Waals surface area contributed by atoms with Crippen LogP contribution in [0.1, 0.15) is 66.2 Å².